The molecule has 0 spiro atoms. The van der Waals surface area contributed by atoms with Gasteiger partial charge < -0.3 is 4.74 Å². The molecule has 1 heterocycles. The van der Waals surface area contributed by atoms with Crippen molar-refractivity contribution in [1.29, 1.82) is 0 Å². The smallest absolute Gasteiger partial charge is 0.282 e. The second-order valence-corrected chi connectivity index (χ2v) is 7.23. The Hall–Kier alpha value is -2.47. The maximum Gasteiger partial charge on any atom is 0.282 e. The van der Waals surface area contributed by atoms with Crippen LogP contribution in [0.2, 0.25) is 0 Å². The van der Waals surface area contributed by atoms with Crippen molar-refractivity contribution < 1.29 is 4.74 Å². The van der Waals surface area contributed by atoms with Crippen LogP contribution >= 0.6 is 15.9 Å². The van der Waals surface area contributed by atoms with E-state index in [0.29, 0.717) is 23.1 Å². The van der Waals surface area contributed by atoms with Crippen molar-refractivity contribution in [2.24, 2.45) is 5.10 Å². The topological polar surface area (TPSA) is 56.5 Å². The van der Waals surface area contributed by atoms with E-state index in [9.17, 15) is 4.79 Å². The van der Waals surface area contributed by atoms with Crippen molar-refractivity contribution in [3.63, 3.8) is 0 Å². The molecule has 6 heteroatoms. The monoisotopic (exact) mass is 427 g/mol. The summed E-state index contributed by atoms with van der Waals surface area (Å²) in [6.45, 7) is 6.07. The lowest BCUT2D eigenvalue weighted by Gasteiger charge is -2.12. The first kappa shape index (κ1) is 19.3. The lowest BCUT2D eigenvalue weighted by atomic mass is 10.2. The Bertz CT molecular complexity index is 1040. The fourth-order valence-corrected chi connectivity index (χ4v) is 3.01. The van der Waals surface area contributed by atoms with Crippen molar-refractivity contribution in [1.82, 2.24) is 9.66 Å². The van der Waals surface area contributed by atoms with Crippen LogP contribution in [-0.4, -0.2) is 22.0 Å². The fourth-order valence-electron chi connectivity index (χ4n) is 2.65. The van der Waals surface area contributed by atoms with E-state index in [1.807, 2.05) is 50.2 Å². The molecule has 3 aromatic rings. The Kier molecular flexibility index (Phi) is 6.06. The van der Waals surface area contributed by atoms with Gasteiger partial charge in [0.1, 0.15) is 11.6 Å². The summed E-state index contributed by atoms with van der Waals surface area (Å²) < 4.78 is 8.06. The summed E-state index contributed by atoms with van der Waals surface area (Å²) in [5.74, 6) is 1.41. The number of aryl methyl sites for hydroxylation is 1. The predicted molar refractivity (Wildman–Crippen MR) is 113 cm³/mol. The van der Waals surface area contributed by atoms with E-state index in [-0.39, 0.29) is 11.7 Å². The maximum absolute atomic E-state index is 12.9. The quantitative estimate of drug-likeness (QED) is 0.531. The zero-order chi connectivity index (χ0) is 19.4. The van der Waals surface area contributed by atoms with Crippen LogP contribution in [0.5, 0.6) is 5.75 Å². The second kappa shape index (κ2) is 8.48. The number of hydrogen-bond donors (Lipinski definition) is 0. The normalized spacial score (nSPS) is 12.6. The van der Waals surface area contributed by atoms with Crippen molar-refractivity contribution in [3.05, 3.63) is 68.7 Å². The van der Waals surface area contributed by atoms with Gasteiger partial charge in [0.25, 0.3) is 5.56 Å². The number of hydrogen-bond acceptors (Lipinski definition) is 4. The molecule has 0 N–H and O–H groups in total. The van der Waals surface area contributed by atoms with Crippen LogP contribution in [0.1, 0.15) is 38.6 Å². The third kappa shape index (κ3) is 4.45. The van der Waals surface area contributed by atoms with Gasteiger partial charge in [-0.15, -0.1) is 0 Å². The van der Waals surface area contributed by atoms with Gasteiger partial charge in [-0.1, -0.05) is 41.9 Å². The summed E-state index contributed by atoms with van der Waals surface area (Å²) in [7, 11) is 0. The van der Waals surface area contributed by atoms with Gasteiger partial charge >= 0.3 is 0 Å². The molecule has 0 amide bonds. The number of fused-ring (bicyclic) bond motifs is 1. The zero-order valence-corrected chi connectivity index (χ0v) is 17.2. The van der Waals surface area contributed by atoms with Gasteiger partial charge in [-0.25, -0.2) is 4.98 Å². The Morgan fingerprint density at radius 1 is 1.26 bits per heavy atom. The lowest BCUT2D eigenvalue weighted by molar-refractivity contribution is 0.217. The number of ether oxygens (including phenoxy) is 1. The van der Waals surface area contributed by atoms with Crippen LogP contribution in [0, 0.1) is 0 Å². The molecule has 0 aliphatic rings. The minimum absolute atomic E-state index is 0.148. The lowest BCUT2D eigenvalue weighted by Crippen LogP contribution is -2.22. The van der Waals surface area contributed by atoms with Gasteiger partial charge in [-0.05, 0) is 49.2 Å². The molecule has 27 heavy (non-hydrogen) atoms. The summed E-state index contributed by atoms with van der Waals surface area (Å²) >= 11 is 3.41. The molecular weight excluding hydrogens is 406 g/mol. The number of rotatable bonds is 6. The highest BCUT2D eigenvalue weighted by Crippen LogP contribution is 2.17. The fraction of sp³-hybridized carbons (Fsp3) is 0.286. The summed E-state index contributed by atoms with van der Waals surface area (Å²) in [5.41, 5.74) is 1.36. The van der Waals surface area contributed by atoms with Crippen molar-refractivity contribution >= 4 is 33.0 Å². The number of aromatic nitrogens is 2. The van der Waals surface area contributed by atoms with E-state index in [4.69, 9.17) is 4.74 Å². The molecule has 1 atom stereocenters. The maximum atomic E-state index is 12.9. The first-order valence-corrected chi connectivity index (χ1v) is 9.83. The van der Waals surface area contributed by atoms with E-state index in [0.717, 1.165) is 22.2 Å². The Morgan fingerprint density at radius 2 is 2.07 bits per heavy atom. The van der Waals surface area contributed by atoms with Gasteiger partial charge in [-0.3, -0.25) is 4.79 Å². The summed E-state index contributed by atoms with van der Waals surface area (Å²) in [6.07, 6.45) is 3.35. The van der Waals surface area contributed by atoms with Crippen LogP contribution in [-0.2, 0) is 6.42 Å². The number of halogens is 1. The highest BCUT2D eigenvalue weighted by molar-refractivity contribution is 9.10. The first-order valence-electron chi connectivity index (χ1n) is 9.04. The zero-order valence-electron chi connectivity index (χ0n) is 15.6. The van der Waals surface area contributed by atoms with E-state index < -0.39 is 0 Å². The minimum Gasteiger partial charge on any atom is -0.491 e. The minimum atomic E-state index is -0.179. The molecule has 0 unspecified atom stereocenters. The van der Waals surface area contributed by atoms with Crippen LogP contribution in [0.15, 0.2) is 56.8 Å². The standard InChI is InChI=1S/C21H22BrN3O2/c1-4-14(3)27-17-8-6-7-15(11-17)13-23-25-20(5-2)24-19-10-9-16(22)12-18(19)21(25)26/h6-14H,4-5H2,1-3H3/t14-/m0/s1. The van der Waals surface area contributed by atoms with Gasteiger partial charge in [0.05, 0.1) is 23.2 Å². The van der Waals surface area contributed by atoms with Gasteiger partial charge in [-0.2, -0.15) is 9.78 Å². The molecule has 0 saturated carbocycles. The number of benzene rings is 2. The van der Waals surface area contributed by atoms with E-state index in [1.54, 1.807) is 12.3 Å². The average molecular weight is 428 g/mol. The Morgan fingerprint density at radius 3 is 2.81 bits per heavy atom. The highest BCUT2D eigenvalue weighted by Gasteiger charge is 2.09. The molecule has 1 aromatic heterocycles. The molecular formula is C21H22BrN3O2. The molecule has 140 valence electrons. The molecule has 0 aliphatic carbocycles. The van der Waals surface area contributed by atoms with Crippen molar-refractivity contribution in [3.8, 4) is 5.75 Å². The molecule has 0 saturated heterocycles. The molecule has 3 rings (SSSR count). The first-order chi connectivity index (χ1) is 13.0. The predicted octanol–water partition coefficient (Wildman–Crippen LogP) is 4.78. The van der Waals surface area contributed by atoms with Gasteiger partial charge in [0.15, 0.2) is 0 Å². The van der Waals surface area contributed by atoms with Gasteiger partial charge in [0, 0.05) is 10.9 Å². The summed E-state index contributed by atoms with van der Waals surface area (Å²) in [6, 6.07) is 13.2. The number of nitrogens with zero attached hydrogens (tertiary/aromatic N) is 3. The van der Waals surface area contributed by atoms with Crippen molar-refractivity contribution in [2.75, 3.05) is 0 Å². The summed E-state index contributed by atoms with van der Waals surface area (Å²) in [4.78, 5) is 17.5. The van der Waals surface area contributed by atoms with Crippen LogP contribution in [0.3, 0.4) is 0 Å². The average Bonchev–Trinajstić information content (AvgIpc) is 2.67. The largest absolute Gasteiger partial charge is 0.491 e. The molecule has 0 fully saturated rings. The Labute approximate surface area is 166 Å². The van der Waals surface area contributed by atoms with Crippen LogP contribution in [0.4, 0.5) is 0 Å². The van der Waals surface area contributed by atoms with E-state index >= 15 is 0 Å². The third-order valence-corrected chi connectivity index (χ3v) is 4.78. The SMILES string of the molecule is CCc1nc2ccc(Br)cc2c(=O)n1N=Cc1cccc(O[C@@H](C)CC)c1. The van der Waals surface area contributed by atoms with Gasteiger partial charge in [0.2, 0.25) is 0 Å². The molecule has 0 aliphatic heterocycles. The van der Waals surface area contributed by atoms with Crippen LogP contribution in [0.25, 0.3) is 10.9 Å². The summed E-state index contributed by atoms with van der Waals surface area (Å²) in [5, 5.41) is 4.95. The second-order valence-electron chi connectivity index (χ2n) is 6.31. The van der Waals surface area contributed by atoms with Crippen LogP contribution < -0.4 is 10.3 Å². The molecule has 0 bridgehead atoms. The molecule has 5 nitrogen and oxygen atoms in total. The molecule has 0 radical (unpaired) electrons. The van der Waals surface area contributed by atoms with E-state index in [1.165, 1.54) is 4.68 Å². The Balaban J connectivity index is 2.00. The molecule has 2 aromatic carbocycles. The third-order valence-electron chi connectivity index (χ3n) is 4.28. The van der Waals surface area contributed by atoms with Crippen molar-refractivity contribution in [2.45, 2.75) is 39.7 Å². The van der Waals surface area contributed by atoms with E-state index in [2.05, 4.69) is 32.9 Å². The highest BCUT2D eigenvalue weighted by atomic mass is 79.9.